The van der Waals surface area contributed by atoms with Crippen LogP contribution < -0.4 is 4.90 Å². The van der Waals surface area contributed by atoms with Crippen molar-refractivity contribution in [2.45, 2.75) is 30.6 Å². The van der Waals surface area contributed by atoms with Crippen molar-refractivity contribution in [2.75, 3.05) is 37.7 Å². The third kappa shape index (κ3) is 4.97. The number of hydrogen-bond acceptors (Lipinski definition) is 8. The molecule has 10 heteroatoms. The van der Waals surface area contributed by atoms with Gasteiger partial charge in [0.2, 0.25) is 16.0 Å². The van der Waals surface area contributed by atoms with Crippen molar-refractivity contribution in [2.24, 2.45) is 5.92 Å². The highest BCUT2D eigenvalue weighted by molar-refractivity contribution is 7.89. The maximum Gasteiger partial charge on any atom is 0.309 e. The maximum atomic E-state index is 12.6. The minimum Gasteiger partial charge on any atom is -0.457 e. The largest absolute Gasteiger partial charge is 0.457 e. The average molecular weight is 459 g/mol. The highest BCUT2D eigenvalue weighted by Crippen LogP contribution is 2.23. The first kappa shape index (κ1) is 22.3. The van der Waals surface area contributed by atoms with E-state index in [-0.39, 0.29) is 29.2 Å². The van der Waals surface area contributed by atoms with Crippen molar-refractivity contribution in [3.8, 4) is 0 Å². The average Bonchev–Trinajstić information content (AvgIpc) is 3.39. The van der Waals surface area contributed by atoms with Crippen molar-refractivity contribution in [3.63, 3.8) is 0 Å². The SMILES string of the molecule is O=C(COC(=O)C1CCN(c2ncccn2)CC1)c1ccc(S(=O)(=O)N2CCCC2)cc1. The Bertz CT molecular complexity index is 1050. The minimum absolute atomic E-state index is 0.169. The molecule has 2 saturated heterocycles. The number of aromatic nitrogens is 2. The Hall–Kier alpha value is -2.85. The molecule has 2 aliphatic heterocycles. The molecule has 0 unspecified atom stereocenters. The lowest BCUT2D eigenvalue weighted by atomic mass is 9.97. The van der Waals surface area contributed by atoms with Crippen LogP contribution in [0.15, 0.2) is 47.6 Å². The molecule has 0 saturated carbocycles. The van der Waals surface area contributed by atoms with Gasteiger partial charge in [0.15, 0.2) is 12.4 Å². The van der Waals surface area contributed by atoms with Crippen molar-refractivity contribution in [1.29, 1.82) is 0 Å². The number of nitrogens with zero attached hydrogens (tertiary/aromatic N) is 4. The summed E-state index contributed by atoms with van der Waals surface area (Å²) in [6.07, 6.45) is 6.30. The van der Waals surface area contributed by atoms with E-state index in [9.17, 15) is 18.0 Å². The minimum atomic E-state index is -3.52. The van der Waals surface area contributed by atoms with Crippen LogP contribution in [0.2, 0.25) is 0 Å². The van der Waals surface area contributed by atoms with Gasteiger partial charge in [-0.05, 0) is 56.0 Å². The number of hydrogen-bond donors (Lipinski definition) is 0. The number of ketones is 1. The van der Waals surface area contributed by atoms with Crippen LogP contribution in [-0.2, 0) is 19.6 Å². The van der Waals surface area contributed by atoms with Crippen LogP contribution in [0.4, 0.5) is 5.95 Å². The first-order chi connectivity index (χ1) is 15.4. The van der Waals surface area contributed by atoms with Crippen LogP contribution in [0.5, 0.6) is 0 Å². The van der Waals surface area contributed by atoms with E-state index in [4.69, 9.17) is 4.74 Å². The molecule has 2 aromatic rings. The number of esters is 1. The number of carbonyl (C=O) groups is 2. The molecule has 1 aromatic heterocycles. The van der Waals surface area contributed by atoms with Crippen molar-refractivity contribution in [3.05, 3.63) is 48.3 Å². The van der Waals surface area contributed by atoms with Gasteiger partial charge < -0.3 is 9.64 Å². The summed E-state index contributed by atoms with van der Waals surface area (Å²) in [5.41, 5.74) is 0.314. The fraction of sp³-hybridized carbons (Fsp3) is 0.455. The van der Waals surface area contributed by atoms with E-state index in [0.717, 1.165) is 12.8 Å². The number of rotatable bonds is 7. The van der Waals surface area contributed by atoms with Gasteiger partial charge in [0.1, 0.15) is 0 Å². The molecule has 9 nitrogen and oxygen atoms in total. The molecule has 4 rings (SSSR count). The second kappa shape index (κ2) is 9.74. The highest BCUT2D eigenvalue weighted by atomic mass is 32.2. The lowest BCUT2D eigenvalue weighted by Crippen LogP contribution is -2.38. The Morgan fingerprint density at radius 3 is 2.22 bits per heavy atom. The van der Waals surface area contributed by atoms with Crippen LogP contribution in [0, 0.1) is 5.92 Å². The lowest BCUT2D eigenvalue weighted by molar-refractivity contribution is -0.148. The molecule has 0 atom stereocenters. The molecule has 2 aliphatic rings. The predicted octanol–water partition coefficient (Wildman–Crippen LogP) is 1.90. The fourth-order valence-electron chi connectivity index (χ4n) is 4.00. The van der Waals surface area contributed by atoms with E-state index in [1.807, 2.05) is 4.90 Å². The van der Waals surface area contributed by atoms with E-state index in [2.05, 4.69) is 9.97 Å². The molecule has 3 heterocycles. The quantitative estimate of drug-likeness (QED) is 0.457. The Labute approximate surface area is 187 Å². The van der Waals surface area contributed by atoms with Crippen LogP contribution >= 0.6 is 0 Å². The fourth-order valence-corrected chi connectivity index (χ4v) is 5.51. The Morgan fingerprint density at radius 1 is 0.969 bits per heavy atom. The van der Waals surface area contributed by atoms with Gasteiger partial charge in [-0.3, -0.25) is 9.59 Å². The van der Waals surface area contributed by atoms with Crippen LogP contribution in [0.1, 0.15) is 36.0 Å². The standard InChI is InChI=1S/C22H26N4O5S/c27-20(17-4-6-19(7-5-17)32(29,30)26-12-1-2-13-26)16-31-21(28)18-8-14-25(15-9-18)22-23-10-3-11-24-22/h3-7,10-11,18H,1-2,8-9,12-16H2. The van der Waals surface area contributed by atoms with Gasteiger partial charge in [-0.25, -0.2) is 18.4 Å². The van der Waals surface area contributed by atoms with E-state index in [1.165, 1.54) is 28.6 Å². The zero-order valence-electron chi connectivity index (χ0n) is 17.7. The van der Waals surface area contributed by atoms with Gasteiger partial charge in [-0.15, -0.1) is 0 Å². The van der Waals surface area contributed by atoms with Crippen LogP contribution in [-0.4, -0.2) is 67.2 Å². The first-order valence-electron chi connectivity index (χ1n) is 10.8. The molecule has 0 N–H and O–H groups in total. The summed E-state index contributed by atoms with van der Waals surface area (Å²) in [6.45, 7) is 1.97. The Morgan fingerprint density at radius 2 is 1.59 bits per heavy atom. The van der Waals surface area contributed by atoms with Gasteiger partial charge in [-0.1, -0.05) is 0 Å². The monoisotopic (exact) mass is 458 g/mol. The molecule has 0 amide bonds. The number of benzene rings is 1. The molecular formula is C22H26N4O5S. The molecule has 0 aliphatic carbocycles. The van der Waals surface area contributed by atoms with E-state index in [0.29, 0.717) is 50.5 Å². The first-order valence-corrected chi connectivity index (χ1v) is 12.2. The van der Waals surface area contributed by atoms with Crippen molar-refractivity contribution >= 4 is 27.7 Å². The van der Waals surface area contributed by atoms with Crippen LogP contribution in [0.3, 0.4) is 0 Å². The highest BCUT2D eigenvalue weighted by Gasteiger charge is 2.29. The summed E-state index contributed by atoms with van der Waals surface area (Å²) in [4.78, 5) is 35.5. The molecule has 0 bridgehead atoms. The number of piperidine rings is 1. The van der Waals surface area contributed by atoms with Gasteiger partial charge in [-0.2, -0.15) is 4.31 Å². The van der Waals surface area contributed by atoms with Crippen LogP contribution in [0.25, 0.3) is 0 Å². The number of sulfonamides is 1. The Kier molecular flexibility index (Phi) is 6.80. The number of ether oxygens (including phenoxy) is 1. The lowest BCUT2D eigenvalue weighted by Gasteiger charge is -2.30. The van der Waals surface area contributed by atoms with E-state index >= 15 is 0 Å². The second-order valence-corrected chi connectivity index (χ2v) is 9.91. The summed E-state index contributed by atoms with van der Waals surface area (Å²) in [5, 5.41) is 0. The van der Waals surface area contributed by atoms with Crippen molar-refractivity contribution in [1.82, 2.24) is 14.3 Å². The summed E-state index contributed by atoms with van der Waals surface area (Å²) < 4.78 is 31.9. The van der Waals surface area contributed by atoms with Gasteiger partial charge >= 0.3 is 5.97 Å². The zero-order chi connectivity index (χ0) is 22.6. The molecule has 1 aromatic carbocycles. The molecule has 170 valence electrons. The van der Waals surface area contributed by atoms with Gasteiger partial charge in [0.05, 0.1) is 10.8 Å². The Balaban J connectivity index is 1.27. The number of carbonyl (C=O) groups excluding carboxylic acids is 2. The zero-order valence-corrected chi connectivity index (χ0v) is 18.5. The third-order valence-corrected chi connectivity index (χ3v) is 7.80. The molecule has 0 spiro atoms. The summed E-state index contributed by atoms with van der Waals surface area (Å²) in [7, 11) is -3.52. The van der Waals surface area contributed by atoms with E-state index in [1.54, 1.807) is 18.5 Å². The molecule has 2 fully saturated rings. The summed E-state index contributed by atoms with van der Waals surface area (Å²) >= 11 is 0. The van der Waals surface area contributed by atoms with Gasteiger partial charge in [0.25, 0.3) is 0 Å². The maximum absolute atomic E-state index is 12.6. The number of anilines is 1. The molecule has 0 radical (unpaired) electrons. The topological polar surface area (TPSA) is 110 Å². The molecule has 32 heavy (non-hydrogen) atoms. The normalized spacial score (nSPS) is 17.9. The molecular weight excluding hydrogens is 432 g/mol. The van der Waals surface area contributed by atoms with Crippen molar-refractivity contribution < 1.29 is 22.7 Å². The van der Waals surface area contributed by atoms with E-state index < -0.39 is 10.0 Å². The summed E-state index contributed by atoms with van der Waals surface area (Å²) in [5.74, 6) is -0.376. The predicted molar refractivity (Wildman–Crippen MR) is 117 cm³/mol. The summed E-state index contributed by atoms with van der Waals surface area (Å²) in [6, 6.07) is 7.56. The second-order valence-electron chi connectivity index (χ2n) is 7.98. The number of Topliss-reactive ketones (excluding diaryl/α,β-unsaturated/α-hetero) is 1. The smallest absolute Gasteiger partial charge is 0.309 e. The third-order valence-electron chi connectivity index (χ3n) is 5.89. The van der Waals surface area contributed by atoms with Gasteiger partial charge in [0, 0.05) is 44.1 Å².